The Morgan fingerprint density at radius 3 is 3.00 bits per heavy atom. The van der Waals surface area contributed by atoms with E-state index < -0.39 is 0 Å². The second kappa shape index (κ2) is 5.85. The van der Waals surface area contributed by atoms with Crippen LogP contribution in [0.25, 0.3) is 0 Å². The summed E-state index contributed by atoms with van der Waals surface area (Å²) in [5.41, 5.74) is 1.19. The van der Waals surface area contributed by atoms with Crippen LogP contribution >= 0.6 is 11.3 Å². The Morgan fingerprint density at radius 1 is 1.40 bits per heavy atom. The number of nitrogens with one attached hydrogen (secondary N) is 1. The predicted octanol–water partition coefficient (Wildman–Crippen LogP) is 3.93. The van der Waals surface area contributed by atoms with E-state index in [0.29, 0.717) is 6.04 Å². The normalized spacial score (nSPS) is 21.1. The standard InChI is InChI=1S/C16H19NO2S/c1-3-17-13-10-15(16-5-4-8-20-16)19-14-7-6-11(18-2)9-12(13)14/h4-9,13,15,17H,3,10H2,1-2H3. The Labute approximate surface area is 123 Å². The zero-order valence-corrected chi connectivity index (χ0v) is 12.6. The minimum Gasteiger partial charge on any atom is -0.497 e. The lowest BCUT2D eigenvalue weighted by molar-refractivity contribution is 0.155. The summed E-state index contributed by atoms with van der Waals surface area (Å²) in [6, 6.07) is 10.6. The summed E-state index contributed by atoms with van der Waals surface area (Å²) >= 11 is 1.75. The molecule has 0 amide bonds. The number of fused-ring (bicyclic) bond motifs is 1. The third kappa shape index (κ3) is 2.53. The van der Waals surface area contributed by atoms with Crippen molar-refractivity contribution < 1.29 is 9.47 Å². The number of hydrogen-bond acceptors (Lipinski definition) is 4. The first-order valence-electron chi connectivity index (χ1n) is 6.93. The minimum atomic E-state index is 0.139. The molecule has 0 radical (unpaired) electrons. The van der Waals surface area contributed by atoms with E-state index in [1.165, 1.54) is 10.4 Å². The second-order valence-electron chi connectivity index (χ2n) is 4.87. The molecule has 1 aromatic carbocycles. The second-order valence-corrected chi connectivity index (χ2v) is 5.85. The topological polar surface area (TPSA) is 30.5 Å². The molecular weight excluding hydrogens is 270 g/mol. The molecule has 2 unspecified atom stereocenters. The van der Waals surface area contributed by atoms with Crippen molar-refractivity contribution in [2.24, 2.45) is 0 Å². The van der Waals surface area contributed by atoms with Crippen molar-refractivity contribution in [3.05, 3.63) is 46.2 Å². The van der Waals surface area contributed by atoms with Gasteiger partial charge in [0, 0.05) is 22.9 Å². The van der Waals surface area contributed by atoms with E-state index in [1.807, 2.05) is 12.1 Å². The number of benzene rings is 1. The van der Waals surface area contributed by atoms with Gasteiger partial charge in [-0.3, -0.25) is 0 Å². The number of thiophene rings is 1. The van der Waals surface area contributed by atoms with Crippen molar-refractivity contribution in [2.75, 3.05) is 13.7 Å². The lowest BCUT2D eigenvalue weighted by Gasteiger charge is -2.32. The Kier molecular flexibility index (Phi) is 3.94. The highest BCUT2D eigenvalue weighted by atomic mass is 32.1. The molecule has 0 spiro atoms. The van der Waals surface area contributed by atoms with Crippen LogP contribution in [-0.2, 0) is 0 Å². The molecule has 1 aliphatic rings. The van der Waals surface area contributed by atoms with Crippen molar-refractivity contribution in [1.29, 1.82) is 0 Å². The van der Waals surface area contributed by atoms with Crippen molar-refractivity contribution in [2.45, 2.75) is 25.5 Å². The first kappa shape index (κ1) is 13.5. The number of rotatable bonds is 4. The molecule has 2 aromatic rings. The van der Waals surface area contributed by atoms with Gasteiger partial charge in [0.25, 0.3) is 0 Å². The van der Waals surface area contributed by atoms with Gasteiger partial charge in [0.05, 0.1) is 7.11 Å². The lowest BCUT2D eigenvalue weighted by Crippen LogP contribution is -2.28. The SMILES string of the molecule is CCNC1CC(c2cccs2)Oc2ccc(OC)cc21. The fourth-order valence-electron chi connectivity index (χ4n) is 2.66. The maximum Gasteiger partial charge on any atom is 0.135 e. The van der Waals surface area contributed by atoms with Crippen molar-refractivity contribution in [3.8, 4) is 11.5 Å². The average molecular weight is 289 g/mol. The molecule has 3 rings (SSSR count). The van der Waals surface area contributed by atoms with Gasteiger partial charge in [-0.25, -0.2) is 0 Å². The van der Waals surface area contributed by atoms with Gasteiger partial charge in [0.1, 0.15) is 17.6 Å². The molecule has 1 N–H and O–H groups in total. The van der Waals surface area contributed by atoms with E-state index in [0.717, 1.165) is 24.5 Å². The average Bonchev–Trinajstić information content (AvgIpc) is 3.01. The van der Waals surface area contributed by atoms with E-state index in [2.05, 4.69) is 35.8 Å². The maximum absolute atomic E-state index is 6.17. The molecule has 1 aliphatic heterocycles. The Balaban J connectivity index is 1.94. The summed E-state index contributed by atoms with van der Waals surface area (Å²) in [5.74, 6) is 1.84. The molecule has 2 heterocycles. The largest absolute Gasteiger partial charge is 0.497 e. The van der Waals surface area contributed by atoms with Crippen LogP contribution in [-0.4, -0.2) is 13.7 Å². The molecule has 20 heavy (non-hydrogen) atoms. The molecule has 0 saturated carbocycles. The first-order chi connectivity index (χ1) is 9.81. The van der Waals surface area contributed by atoms with Gasteiger partial charge >= 0.3 is 0 Å². The van der Waals surface area contributed by atoms with E-state index >= 15 is 0 Å². The molecule has 0 aliphatic carbocycles. The highest BCUT2D eigenvalue weighted by molar-refractivity contribution is 7.10. The molecule has 0 bridgehead atoms. The van der Waals surface area contributed by atoms with Gasteiger partial charge in [0.2, 0.25) is 0 Å². The Morgan fingerprint density at radius 2 is 2.30 bits per heavy atom. The van der Waals surface area contributed by atoms with E-state index in [9.17, 15) is 0 Å². The van der Waals surface area contributed by atoms with Crippen LogP contribution in [0.4, 0.5) is 0 Å². The van der Waals surface area contributed by atoms with Crippen molar-refractivity contribution in [1.82, 2.24) is 5.32 Å². The van der Waals surface area contributed by atoms with Crippen LogP contribution in [0.3, 0.4) is 0 Å². The van der Waals surface area contributed by atoms with Crippen LogP contribution in [0.5, 0.6) is 11.5 Å². The van der Waals surface area contributed by atoms with E-state index in [4.69, 9.17) is 9.47 Å². The van der Waals surface area contributed by atoms with Crippen LogP contribution in [0.15, 0.2) is 35.7 Å². The van der Waals surface area contributed by atoms with Crippen LogP contribution < -0.4 is 14.8 Å². The van der Waals surface area contributed by atoms with Gasteiger partial charge in [-0.05, 0) is 36.2 Å². The molecular formula is C16H19NO2S. The van der Waals surface area contributed by atoms with Gasteiger partial charge in [-0.1, -0.05) is 13.0 Å². The third-order valence-corrected chi connectivity index (χ3v) is 4.59. The number of hydrogen-bond donors (Lipinski definition) is 1. The first-order valence-corrected chi connectivity index (χ1v) is 7.81. The highest BCUT2D eigenvalue weighted by Crippen LogP contribution is 2.43. The van der Waals surface area contributed by atoms with Gasteiger partial charge in [0.15, 0.2) is 0 Å². The molecule has 1 aromatic heterocycles. The summed E-state index contributed by atoms with van der Waals surface area (Å²) in [4.78, 5) is 1.29. The summed E-state index contributed by atoms with van der Waals surface area (Å²) < 4.78 is 11.5. The van der Waals surface area contributed by atoms with Crippen LogP contribution in [0, 0.1) is 0 Å². The van der Waals surface area contributed by atoms with Crippen LogP contribution in [0.2, 0.25) is 0 Å². The maximum atomic E-state index is 6.17. The van der Waals surface area contributed by atoms with Gasteiger partial charge in [-0.2, -0.15) is 0 Å². The van der Waals surface area contributed by atoms with Gasteiger partial charge < -0.3 is 14.8 Å². The molecule has 4 heteroatoms. The van der Waals surface area contributed by atoms with Crippen molar-refractivity contribution in [3.63, 3.8) is 0 Å². The minimum absolute atomic E-state index is 0.139. The number of methoxy groups -OCH3 is 1. The molecule has 106 valence electrons. The Hall–Kier alpha value is -1.52. The number of ether oxygens (including phenoxy) is 2. The molecule has 0 fully saturated rings. The molecule has 2 atom stereocenters. The summed E-state index contributed by atoms with van der Waals surface area (Å²) in [5, 5.41) is 5.65. The van der Waals surface area contributed by atoms with E-state index in [1.54, 1.807) is 18.4 Å². The summed E-state index contributed by atoms with van der Waals surface area (Å²) in [6.07, 6.45) is 1.09. The van der Waals surface area contributed by atoms with Crippen molar-refractivity contribution >= 4 is 11.3 Å². The highest BCUT2D eigenvalue weighted by Gasteiger charge is 2.29. The smallest absolute Gasteiger partial charge is 0.135 e. The summed E-state index contributed by atoms with van der Waals surface area (Å²) in [6.45, 7) is 3.08. The summed E-state index contributed by atoms with van der Waals surface area (Å²) in [7, 11) is 1.70. The molecule has 0 saturated heterocycles. The zero-order valence-electron chi connectivity index (χ0n) is 11.8. The van der Waals surface area contributed by atoms with Gasteiger partial charge in [-0.15, -0.1) is 11.3 Å². The Bertz CT molecular complexity index is 568. The fourth-order valence-corrected chi connectivity index (χ4v) is 3.43. The zero-order chi connectivity index (χ0) is 13.9. The monoisotopic (exact) mass is 289 g/mol. The fraction of sp³-hybridized carbons (Fsp3) is 0.375. The quantitative estimate of drug-likeness (QED) is 0.925. The lowest BCUT2D eigenvalue weighted by atomic mass is 9.95. The third-order valence-electron chi connectivity index (χ3n) is 3.62. The van der Waals surface area contributed by atoms with Crippen LogP contribution in [0.1, 0.15) is 35.9 Å². The predicted molar refractivity (Wildman–Crippen MR) is 81.7 cm³/mol. The van der Waals surface area contributed by atoms with E-state index in [-0.39, 0.29) is 6.10 Å². The molecule has 3 nitrogen and oxygen atoms in total.